The molecule has 1 N–H and O–H groups in total. The van der Waals surface area contributed by atoms with Crippen LogP contribution in [0.4, 0.5) is 0 Å². The Balaban J connectivity index is 3.01. The van der Waals surface area contributed by atoms with Gasteiger partial charge in [0.1, 0.15) is 6.61 Å². The third-order valence-electron chi connectivity index (χ3n) is 2.16. The largest absolute Gasteiger partial charge is 0.379 e. The van der Waals surface area contributed by atoms with Crippen molar-refractivity contribution in [2.45, 2.75) is 6.92 Å². The molecule has 0 saturated heterocycles. The molecule has 120 valence electrons. The molecule has 0 rings (SSSR count). The van der Waals surface area contributed by atoms with Gasteiger partial charge < -0.3 is 29.0 Å². The second-order valence-electron chi connectivity index (χ2n) is 3.82. The summed E-state index contributed by atoms with van der Waals surface area (Å²) in [5.41, 5.74) is 0. The zero-order valence-electron chi connectivity index (χ0n) is 12.5. The normalized spacial score (nSPS) is 10.7. The van der Waals surface area contributed by atoms with Crippen molar-refractivity contribution >= 4 is 5.91 Å². The van der Waals surface area contributed by atoms with Gasteiger partial charge in [0.25, 0.3) is 0 Å². The van der Waals surface area contributed by atoms with Gasteiger partial charge in [-0.3, -0.25) is 4.79 Å². The fourth-order valence-corrected chi connectivity index (χ4v) is 1.25. The average molecular weight is 293 g/mol. The van der Waals surface area contributed by atoms with Crippen LogP contribution < -0.4 is 5.32 Å². The van der Waals surface area contributed by atoms with Gasteiger partial charge >= 0.3 is 0 Å². The van der Waals surface area contributed by atoms with E-state index in [1.807, 2.05) is 6.92 Å². The topological polar surface area (TPSA) is 75.3 Å². The highest BCUT2D eigenvalue weighted by atomic mass is 16.6. The van der Waals surface area contributed by atoms with Crippen LogP contribution in [0, 0.1) is 0 Å². The highest BCUT2D eigenvalue weighted by Gasteiger charge is 1.97. The molecule has 0 aromatic heterocycles. The highest BCUT2D eigenvalue weighted by Crippen LogP contribution is 1.82. The first-order valence-electron chi connectivity index (χ1n) is 6.87. The number of rotatable bonds is 15. The van der Waals surface area contributed by atoms with Gasteiger partial charge in [-0.1, -0.05) is 0 Å². The van der Waals surface area contributed by atoms with E-state index in [0.29, 0.717) is 59.4 Å². The number of methoxy groups -OCH3 is 1. The Labute approximate surface area is 120 Å². The summed E-state index contributed by atoms with van der Waals surface area (Å²) < 4.78 is 25.7. The van der Waals surface area contributed by atoms with Crippen LogP contribution in [0.1, 0.15) is 6.92 Å². The molecule has 7 nitrogen and oxygen atoms in total. The van der Waals surface area contributed by atoms with E-state index in [0.717, 1.165) is 0 Å². The van der Waals surface area contributed by atoms with E-state index in [1.54, 1.807) is 0 Å². The van der Waals surface area contributed by atoms with E-state index in [2.05, 4.69) is 10.1 Å². The molecule has 0 spiro atoms. The molecule has 1 amide bonds. The predicted molar refractivity (Wildman–Crippen MR) is 73.8 cm³/mol. The van der Waals surface area contributed by atoms with Gasteiger partial charge in [-0.05, 0) is 6.92 Å². The summed E-state index contributed by atoms with van der Waals surface area (Å²) in [6.45, 7) is 7.00. The number of nitrogens with one attached hydrogen (secondary N) is 1. The van der Waals surface area contributed by atoms with Crippen molar-refractivity contribution in [1.29, 1.82) is 0 Å². The molecule has 0 aliphatic heterocycles. The molecule has 0 unspecified atom stereocenters. The lowest BCUT2D eigenvalue weighted by atomic mass is 10.6. The van der Waals surface area contributed by atoms with E-state index >= 15 is 0 Å². The molecule has 0 aliphatic rings. The van der Waals surface area contributed by atoms with Crippen molar-refractivity contribution in [1.82, 2.24) is 5.32 Å². The Morgan fingerprint density at radius 3 is 1.85 bits per heavy atom. The van der Waals surface area contributed by atoms with Crippen LogP contribution in [0.25, 0.3) is 0 Å². The molecule has 7 heteroatoms. The lowest BCUT2D eigenvalue weighted by Crippen LogP contribution is -2.30. The number of hydrogen-bond acceptors (Lipinski definition) is 6. The van der Waals surface area contributed by atoms with E-state index in [1.165, 1.54) is 7.11 Å². The van der Waals surface area contributed by atoms with Gasteiger partial charge in [0, 0.05) is 20.3 Å². The van der Waals surface area contributed by atoms with Crippen LogP contribution in [-0.4, -0.2) is 79.0 Å². The number of ether oxygens (including phenoxy) is 5. The molecular formula is C13H27NO6. The minimum absolute atomic E-state index is 0.0758. The van der Waals surface area contributed by atoms with Gasteiger partial charge in [0.05, 0.1) is 46.2 Å². The lowest BCUT2D eigenvalue weighted by molar-refractivity contribution is -0.125. The fourth-order valence-electron chi connectivity index (χ4n) is 1.25. The lowest BCUT2D eigenvalue weighted by Gasteiger charge is -2.07. The van der Waals surface area contributed by atoms with E-state index in [9.17, 15) is 4.79 Å². The van der Waals surface area contributed by atoms with Crippen molar-refractivity contribution in [3.63, 3.8) is 0 Å². The number of carbonyl (C=O) groups excluding carboxylic acids is 1. The molecule has 0 saturated carbocycles. The van der Waals surface area contributed by atoms with Crippen LogP contribution in [0.2, 0.25) is 0 Å². The van der Waals surface area contributed by atoms with Gasteiger partial charge in [0.2, 0.25) is 5.91 Å². The third-order valence-corrected chi connectivity index (χ3v) is 2.16. The number of hydrogen-bond donors (Lipinski definition) is 1. The second kappa shape index (κ2) is 16.3. The molecule has 0 heterocycles. The van der Waals surface area contributed by atoms with Crippen molar-refractivity contribution in [2.24, 2.45) is 0 Å². The summed E-state index contributed by atoms with van der Waals surface area (Å²) in [5.74, 6) is -0.142. The summed E-state index contributed by atoms with van der Waals surface area (Å²) in [6, 6.07) is 0. The smallest absolute Gasteiger partial charge is 0.246 e. The Bertz CT molecular complexity index is 215. The quantitative estimate of drug-likeness (QED) is 0.423. The molecule has 0 aliphatic carbocycles. The molecule has 0 bridgehead atoms. The van der Waals surface area contributed by atoms with Crippen molar-refractivity contribution in [2.75, 3.05) is 73.1 Å². The van der Waals surface area contributed by atoms with E-state index in [-0.39, 0.29) is 12.5 Å². The first-order chi connectivity index (χ1) is 9.81. The van der Waals surface area contributed by atoms with Crippen molar-refractivity contribution < 1.29 is 28.5 Å². The zero-order chi connectivity index (χ0) is 14.9. The van der Waals surface area contributed by atoms with Crippen molar-refractivity contribution in [3.8, 4) is 0 Å². The minimum atomic E-state index is -0.142. The van der Waals surface area contributed by atoms with Crippen molar-refractivity contribution in [3.05, 3.63) is 0 Å². The van der Waals surface area contributed by atoms with Gasteiger partial charge in [0.15, 0.2) is 0 Å². The standard InChI is InChI=1S/C13H27NO6/c1-3-17-6-7-19-10-11-20-9-8-18-5-4-14-13(15)12-16-2/h3-12H2,1-2H3,(H,14,15). The summed E-state index contributed by atoms with van der Waals surface area (Å²) in [7, 11) is 1.48. The van der Waals surface area contributed by atoms with Crippen LogP contribution in [0.5, 0.6) is 0 Å². The number of carbonyl (C=O) groups is 1. The molecular weight excluding hydrogens is 266 g/mol. The summed E-state index contributed by atoms with van der Waals surface area (Å²) >= 11 is 0. The van der Waals surface area contributed by atoms with Crippen LogP contribution in [0.3, 0.4) is 0 Å². The summed E-state index contributed by atoms with van der Waals surface area (Å²) in [6.07, 6.45) is 0. The number of amides is 1. The minimum Gasteiger partial charge on any atom is -0.379 e. The molecule has 0 fully saturated rings. The van der Waals surface area contributed by atoms with Gasteiger partial charge in [-0.2, -0.15) is 0 Å². The maximum Gasteiger partial charge on any atom is 0.246 e. The monoisotopic (exact) mass is 293 g/mol. The zero-order valence-corrected chi connectivity index (χ0v) is 12.5. The molecule has 20 heavy (non-hydrogen) atoms. The fraction of sp³-hybridized carbons (Fsp3) is 0.923. The predicted octanol–water partition coefficient (Wildman–Crippen LogP) is -0.165. The Kier molecular flexibility index (Phi) is 15.7. The van der Waals surface area contributed by atoms with Gasteiger partial charge in [-0.15, -0.1) is 0 Å². The van der Waals surface area contributed by atoms with E-state index < -0.39 is 0 Å². The summed E-state index contributed by atoms with van der Waals surface area (Å²) in [5, 5.41) is 2.66. The molecule has 0 radical (unpaired) electrons. The van der Waals surface area contributed by atoms with E-state index in [4.69, 9.17) is 18.9 Å². The third kappa shape index (κ3) is 15.3. The Morgan fingerprint density at radius 2 is 1.35 bits per heavy atom. The van der Waals surface area contributed by atoms with Crippen LogP contribution >= 0.6 is 0 Å². The Hall–Kier alpha value is -0.730. The maximum absolute atomic E-state index is 11.0. The average Bonchev–Trinajstić information content (AvgIpc) is 2.44. The highest BCUT2D eigenvalue weighted by molar-refractivity contribution is 5.77. The second-order valence-corrected chi connectivity index (χ2v) is 3.82. The first-order valence-corrected chi connectivity index (χ1v) is 6.87. The maximum atomic E-state index is 11.0. The van der Waals surface area contributed by atoms with Gasteiger partial charge in [-0.25, -0.2) is 0 Å². The van der Waals surface area contributed by atoms with Crippen LogP contribution in [0.15, 0.2) is 0 Å². The molecule has 0 aromatic carbocycles. The molecule has 0 atom stereocenters. The first kappa shape index (κ1) is 19.3. The summed E-state index contributed by atoms with van der Waals surface area (Å²) in [4.78, 5) is 11.0. The molecule has 0 aromatic rings. The van der Waals surface area contributed by atoms with Crippen LogP contribution in [-0.2, 0) is 28.5 Å². The SMILES string of the molecule is CCOCCOCCOCCOCCNC(=O)COC. The Morgan fingerprint density at radius 1 is 0.850 bits per heavy atom.